The molecule has 0 aliphatic carbocycles. The lowest BCUT2D eigenvalue weighted by atomic mass is 10.2. The fourth-order valence-corrected chi connectivity index (χ4v) is 3.13. The van der Waals surface area contributed by atoms with E-state index in [1.54, 1.807) is 12.3 Å². The number of nitrogens with zero attached hydrogens (tertiary/aromatic N) is 1. The Balaban J connectivity index is 1.65. The van der Waals surface area contributed by atoms with Crippen molar-refractivity contribution in [2.75, 3.05) is 25.0 Å². The maximum Gasteiger partial charge on any atom is 0.325 e. The quantitative estimate of drug-likeness (QED) is 0.517. The van der Waals surface area contributed by atoms with E-state index in [9.17, 15) is 19.2 Å². The number of nitrogens with one attached hydrogen (secondary N) is 3. The van der Waals surface area contributed by atoms with Crippen molar-refractivity contribution < 1.29 is 23.9 Å². The number of anilines is 1. The van der Waals surface area contributed by atoms with Gasteiger partial charge in [0.15, 0.2) is 11.7 Å². The summed E-state index contributed by atoms with van der Waals surface area (Å²) >= 11 is 12.9. The molecule has 0 radical (unpaired) electrons. The second-order valence-electron chi connectivity index (χ2n) is 5.59. The third-order valence-corrected chi connectivity index (χ3v) is 4.67. The number of hydrogen-bond donors (Lipinski definition) is 3. The van der Waals surface area contributed by atoms with Gasteiger partial charge in [-0.1, -0.05) is 23.2 Å². The van der Waals surface area contributed by atoms with E-state index in [1.807, 2.05) is 0 Å². The topological polar surface area (TPSA) is 126 Å². The van der Waals surface area contributed by atoms with Gasteiger partial charge in [-0.25, -0.2) is 4.98 Å². The van der Waals surface area contributed by atoms with Crippen molar-refractivity contribution in [1.82, 2.24) is 15.6 Å². The van der Waals surface area contributed by atoms with Crippen LogP contribution in [0, 0.1) is 6.92 Å². The Morgan fingerprint density at radius 2 is 1.86 bits per heavy atom. The van der Waals surface area contributed by atoms with Crippen LogP contribution in [-0.4, -0.2) is 48.4 Å². The summed E-state index contributed by atoms with van der Waals surface area (Å²) in [7, 11) is 0. The van der Waals surface area contributed by atoms with Crippen LogP contribution in [-0.2, 0) is 19.1 Å². The zero-order chi connectivity index (χ0) is 21.4. The van der Waals surface area contributed by atoms with E-state index < -0.39 is 36.8 Å². The number of rotatable bonds is 8. The van der Waals surface area contributed by atoms with Crippen LogP contribution >= 0.6 is 34.5 Å². The predicted molar refractivity (Wildman–Crippen MR) is 108 cm³/mol. The molecule has 154 valence electrons. The van der Waals surface area contributed by atoms with Crippen molar-refractivity contribution in [2.45, 2.75) is 6.92 Å². The van der Waals surface area contributed by atoms with Crippen molar-refractivity contribution in [2.24, 2.45) is 0 Å². The molecule has 9 nitrogen and oxygen atoms in total. The lowest BCUT2D eigenvalue weighted by Crippen LogP contribution is -2.39. The number of thiazole rings is 1. The van der Waals surface area contributed by atoms with E-state index >= 15 is 0 Å². The molecule has 0 unspecified atom stereocenters. The largest absolute Gasteiger partial charge is 0.454 e. The molecular formula is C17H16Cl2N4O5S. The Labute approximate surface area is 179 Å². The second kappa shape index (κ2) is 10.7. The molecule has 0 saturated carbocycles. The van der Waals surface area contributed by atoms with Crippen molar-refractivity contribution >= 4 is 63.4 Å². The number of amides is 3. The molecule has 2 rings (SSSR count). The first kappa shape index (κ1) is 22.6. The monoisotopic (exact) mass is 458 g/mol. The number of carbonyl (C=O) groups excluding carboxylic acids is 4. The molecule has 1 aromatic heterocycles. The van der Waals surface area contributed by atoms with E-state index in [0.29, 0.717) is 10.2 Å². The van der Waals surface area contributed by atoms with Gasteiger partial charge >= 0.3 is 5.97 Å². The van der Waals surface area contributed by atoms with Crippen LogP contribution in [0.25, 0.3) is 0 Å². The number of esters is 1. The molecule has 0 saturated heterocycles. The van der Waals surface area contributed by atoms with Gasteiger partial charge in [0.1, 0.15) is 6.54 Å². The van der Waals surface area contributed by atoms with Crippen LogP contribution in [0.2, 0.25) is 10.0 Å². The second-order valence-corrected chi connectivity index (χ2v) is 7.29. The first-order valence-electron chi connectivity index (χ1n) is 8.12. The van der Waals surface area contributed by atoms with Crippen molar-refractivity contribution in [3.05, 3.63) is 44.9 Å². The SMILES string of the molecule is Cc1csc(NC(=O)COC(=O)CNC(=O)CNC(=O)c2ccc(Cl)cc2Cl)n1. The highest BCUT2D eigenvalue weighted by Gasteiger charge is 2.14. The van der Waals surface area contributed by atoms with E-state index in [0.717, 1.165) is 5.69 Å². The van der Waals surface area contributed by atoms with E-state index in [1.165, 1.54) is 29.5 Å². The summed E-state index contributed by atoms with van der Waals surface area (Å²) in [6.07, 6.45) is 0. The highest BCUT2D eigenvalue weighted by molar-refractivity contribution is 7.13. The van der Waals surface area contributed by atoms with Crippen LogP contribution in [0.1, 0.15) is 16.1 Å². The van der Waals surface area contributed by atoms with Crippen molar-refractivity contribution in [3.63, 3.8) is 0 Å². The average molecular weight is 459 g/mol. The van der Waals surface area contributed by atoms with Gasteiger partial charge in [0.25, 0.3) is 11.8 Å². The molecule has 1 heterocycles. The van der Waals surface area contributed by atoms with Crippen molar-refractivity contribution in [3.8, 4) is 0 Å². The van der Waals surface area contributed by atoms with Gasteiger partial charge in [-0.3, -0.25) is 24.5 Å². The molecule has 3 amide bonds. The zero-order valence-electron chi connectivity index (χ0n) is 15.1. The Bertz CT molecular complexity index is 934. The zero-order valence-corrected chi connectivity index (χ0v) is 17.4. The third kappa shape index (κ3) is 7.68. The highest BCUT2D eigenvalue weighted by Crippen LogP contribution is 2.20. The number of halogens is 2. The van der Waals surface area contributed by atoms with Crippen LogP contribution in [0.15, 0.2) is 23.6 Å². The number of aryl methyl sites for hydroxylation is 1. The smallest absolute Gasteiger partial charge is 0.325 e. The van der Waals surface area contributed by atoms with Gasteiger partial charge in [-0.15, -0.1) is 11.3 Å². The summed E-state index contributed by atoms with van der Waals surface area (Å²) in [6.45, 7) is 0.426. The summed E-state index contributed by atoms with van der Waals surface area (Å²) in [6, 6.07) is 4.32. The third-order valence-electron chi connectivity index (χ3n) is 3.24. The lowest BCUT2D eigenvalue weighted by Gasteiger charge is -2.08. The summed E-state index contributed by atoms with van der Waals surface area (Å²) in [5.41, 5.74) is 0.917. The minimum Gasteiger partial charge on any atom is -0.454 e. The van der Waals surface area contributed by atoms with E-state index in [4.69, 9.17) is 27.9 Å². The molecule has 0 fully saturated rings. The van der Waals surface area contributed by atoms with Crippen LogP contribution < -0.4 is 16.0 Å². The lowest BCUT2D eigenvalue weighted by molar-refractivity contribution is -0.147. The first-order chi connectivity index (χ1) is 13.7. The van der Waals surface area contributed by atoms with Crippen LogP contribution in [0.5, 0.6) is 0 Å². The fourth-order valence-electron chi connectivity index (χ4n) is 1.93. The van der Waals surface area contributed by atoms with Crippen LogP contribution in [0.4, 0.5) is 5.13 Å². The minimum atomic E-state index is -0.809. The minimum absolute atomic E-state index is 0.144. The molecule has 29 heavy (non-hydrogen) atoms. The maximum absolute atomic E-state index is 12.0. The molecule has 0 bridgehead atoms. The summed E-state index contributed by atoms with van der Waals surface area (Å²) in [5.74, 6) is -2.55. The standard InChI is InChI=1S/C17H16Cl2N4O5S/c1-9-8-29-17(22-9)23-14(25)7-28-15(26)6-20-13(24)5-21-16(27)11-3-2-10(18)4-12(11)19/h2-4,8H,5-7H2,1H3,(H,20,24)(H,21,27)(H,22,23,25). The van der Waals surface area contributed by atoms with Crippen LogP contribution in [0.3, 0.4) is 0 Å². The molecule has 3 N–H and O–H groups in total. The number of carbonyl (C=O) groups is 4. The Kier molecular flexibility index (Phi) is 8.37. The van der Waals surface area contributed by atoms with Crippen molar-refractivity contribution in [1.29, 1.82) is 0 Å². The average Bonchev–Trinajstić information content (AvgIpc) is 3.07. The predicted octanol–water partition coefficient (Wildman–Crippen LogP) is 1.79. The fraction of sp³-hybridized carbons (Fsp3) is 0.235. The van der Waals surface area contributed by atoms with E-state index in [2.05, 4.69) is 20.9 Å². The number of benzene rings is 1. The molecular weight excluding hydrogens is 443 g/mol. The Hall–Kier alpha value is -2.69. The molecule has 0 aliphatic rings. The molecule has 0 aliphatic heterocycles. The number of hydrogen-bond acceptors (Lipinski definition) is 7. The molecule has 0 spiro atoms. The van der Waals surface area contributed by atoms with Gasteiger partial charge in [0.2, 0.25) is 5.91 Å². The Morgan fingerprint density at radius 3 is 2.52 bits per heavy atom. The Morgan fingerprint density at radius 1 is 1.10 bits per heavy atom. The van der Waals surface area contributed by atoms with Gasteiger partial charge < -0.3 is 15.4 Å². The summed E-state index contributed by atoms with van der Waals surface area (Å²) < 4.78 is 4.75. The summed E-state index contributed by atoms with van der Waals surface area (Å²) in [4.78, 5) is 51.0. The maximum atomic E-state index is 12.0. The molecule has 2 aromatic rings. The van der Waals surface area contributed by atoms with Gasteiger partial charge in [0.05, 0.1) is 22.8 Å². The molecule has 0 atom stereocenters. The summed E-state index contributed by atoms with van der Waals surface area (Å²) in [5, 5.41) is 9.78. The normalized spacial score (nSPS) is 10.2. The number of aromatic nitrogens is 1. The van der Waals surface area contributed by atoms with Gasteiger partial charge in [0, 0.05) is 10.4 Å². The molecule has 1 aromatic carbocycles. The molecule has 12 heteroatoms. The number of ether oxygens (including phenoxy) is 1. The first-order valence-corrected chi connectivity index (χ1v) is 9.75. The van der Waals surface area contributed by atoms with Gasteiger partial charge in [-0.2, -0.15) is 0 Å². The van der Waals surface area contributed by atoms with Gasteiger partial charge in [-0.05, 0) is 25.1 Å². The highest BCUT2D eigenvalue weighted by atomic mass is 35.5. The van der Waals surface area contributed by atoms with E-state index in [-0.39, 0.29) is 17.1 Å².